The van der Waals surface area contributed by atoms with Gasteiger partial charge in [0.25, 0.3) is 0 Å². The molecule has 0 aliphatic heterocycles. The maximum absolute atomic E-state index is 13.6. The molecular formula is C68H128N2O7P+. The number of carbonyl (C=O) groups excluding carboxylic acids is 2. The Labute approximate surface area is 483 Å². The van der Waals surface area contributed by atoms with Crippen LogP contribution in [0.15, 0.2) is 60.8 Å². The number of amides is 1. The minimum Gasteiger partial charge on any atom is -0.456 e. The van der Waals surface area contributed by atoms with E-state index >= 15 is 0 Å². The lowest BCUT2D eigenvalue weighted by Crippen LogP contribution is -2.47. The van der Waals surface area contributed by atoms with E-state index in [0.717, 1.165) is 89.9 Å². The van der Waals surface area contributed by atoms with Crippen molar-refractivity contribution in [3.8, 4) is 0 Å². The number of hydrogen-bond donors (Lipinski definition) is 2. The fourth-order valence-electron chi connectivity index (χ4n) is 9.60. The number of likely N-dealkylation sites (N-methyl/N-ethyl adjacent to an activating group) is 1. The van der Waals surface area contributed by atoms with Crippen molar-refractivity contribution in [2.75, 3.05) is 40.9 Å². The first kappa shape index (κ1) is 75.7. The van der Waals surface area contributed by atoms with E-state index in [0.29, 0.717) is 17.4 Å². The summed E-state index contributed by atoms with van der Waals surface area (Å²) in [5, 5.41) is 3.06. The number of phosphoric acid groups is 1. The van der Waals surface area contributed by atoms with E-state index in [2.05, 4.69) is 74.7 Å². The quantitative estimate of drug-likeness (QED) is 0.0205. The monoisotopic (exact) mass is 1120 g/mol. The maximum Gasteiger partial charge on any atom is 0.472 e. The molecule has 9 nitrogen and oxygen atoms in total. The van der Waals surface area contributed by atoms with Crippen LogP contribution in [0, 0.1) is 0 Å². The molecule has 0 heterocycles. The van der Waals surface area contributed by atoms with E-state index in [1.54, 1.807) is 0 Å². The zero-order valence-electron chi connectivity index (χ0n) is 52.2. The molecule has 0 spiro atoms. The lowest BCUT2D eigenvalue weighted by atomic mass is 10.0. The number of hydrogen-bond acceptors (Lipinski definition) is 6. The summed E-state index contributed by atoms with van der Waals surface area (Å²) in [6.07, 6.45) is 73.7. The summed E-state index contributed by atoms with van der Waals surface area (Å²) in [7, 11) is 1.49. The number of allylic oxidation sites excluding steroid dienone is 9. The van der Waals surface area contributed by atoms with Gasteiger partial charge in [0.1, 0.15) is 19.3 Å². The average molecular weight is 1120 g/mol. The molecule has 0 saturated heterocycles. The van der Waals surface area contributed by atoms with Crippen molar-refractivity contribution in [1.29, 1.82) is 0 Å². The van der Waals surface area contributed by atoms with Crippen molar-refractivity contribution in [1.82, 2.24) is 5.32 Å². The van der Waals surface area contributed by atoms with Crippen LogP contribution in [0.4, 0.5) is 0 Å². The second kappa shape index (κ2) is 57.9. The molecule has 0 rings (SSSR count). The number of ether oxygens (including phenoxy) is 1. The van der Waals surface area contributed by atoms with Gasteiger partial charge in [-0.1, -0.05) is 268 Å². The molecule has 1 amide bonds. The van der Waals surface area contributed by atoms with Crippen molar-refractivity contribution < 1.29 is 37.3 Å². The summed E-state index contributed by atoms with van der Waals surface area (Å²) in [6, 6.07) is -0.856. The second-order valence-corrected chi connectivity index (χ2v) is 25.1. The van der Waals surface area contributed by atoms with Gasteiger partial charge in [0.15, 0.2) is 0 Å². The van der Waals surface area contributed by atoms with Gasteiger partial charge in [-0.15, -0.1) is 0 Å². The van der Waals surface area contributed by atoms with Crippen LogP contribution >= 0.6 is 7.82 Å². The molecular weight excluding hydrogens is 988 g/mol. The molecule has 0 fully saturated rings. The van der Waals surface area contributed by atoms with Crippen LogP contribution in [0.1, 0.15) is 310 Å². The van der Waals surface area contributed by atoms with Gasteiger partial charge in [-0.3, -0.25) is 18.6 Å². The largest absolute Gasteiger partial charge is 0.472 e. The minimum atomic E-state index is -4.45. The summed E-state index contributed by atoms with van der Waals surface area (Å²) in [4.78, 5) is 37.8. The molecule has 0 aromatic rings. The highest BCUT2D eigenvalue weighted by Crippen LogP contribution is 2.43. The maximum atomic E-state index is 13.6. The van der Waals surface area contributed by atoms with Crippen LogP contribution in [0.25, 0.3) is 0 Å². The van der Waals surface area contributed by atoms with Crippen LogP contribution in [-0.2, 0) is 27.9 Å². The van der Waals surface area contributed by atoms with Crippen molar-refractivity contribution >= 4 is 19.7 Å². The molecule has 0 aliphatic carbocycles. The highest BCUT2D eigenvalue weighted by Gasteiger charge is 2.30. The van der Waals surface area contributed by atoms with Gasteiger partial charge in [0, 0.05) is 12.8 Å². The number of carbonyl (C=O) groups is 2. The van der Waals surface area contributed by atoms with Gasteiger partial charge in [0.05, 0.1) is 33.8 Å². The smallest absolute Gasteiger partial charge is 0.456 e. The molecule has 0 aromatic carbocycles. The lowest BCUT2D eigenvalue weighted by molar-refractivity contribution is -0.870. The zero-order chi connectivity index (χ0) is 57.2. The third-order valence-electron chi connectivity index (χ3n) is 14.7. The first-order valence-corrected chi connectivity index (χ1v) is 34.6. The van der Waals surface area contributed by atoms with Crippen molar-refractivity contribution in [3.05, 3.63) is 60.8 Å². The third kappa shape index (κ3) is 58.4. The highest BCUT2D eigenvalue weighted by atomic mass is 31.2. The first-order chi connectivity index (χ1) is 37.9. The Kier molecular flexibility index (Phi) is 56.2. The normalized spacial score (nSPS) is 14.0. The Morgan fingerprint density at radius 1 is 0.462 bits per heavy atom. The predicted molar refractivity (Wildman–Crippen MR) is 337 cm³/mol. The van der Waals surface area contributed by atoms with Crippen molar-refractivity contribution in [2.45, 2.75) is 322 Å². The topological polar surface area (TPSA) is 111 Å². The van der Waals surface area contributed by atoms with Gasteiger partial charge in [0.2, 0.25) is 5.91 Å². The minimum absolute atomic E-state index is 0.0370. The number of phosphoric ester groups is 1. The molecule has 0 bridgehead atoms. The molecule has 0 radical (unpaired) electrons. The molecule has 0 aliphatic rings. The van der Waals surface area contributed by atoms with E-state index < -0.39 is 20.0 Å². The Hall–Kier alpha value is -2.29. The van der Waals surface area contributed by atoms with Gasteiger partial charge in [-0.25, -0.2) is 4.57 Å². The third-order valence-corrected chi connectivity index (χ3v) is 15.7. The van der Waals surface area contributed by atoms with Gasteiger partial charge < -0.3 is 19.4 Å². The van der Waals surface area contributed by atoms with Crippen LogP contribution in [0.3, 0.4) is 0 Å². The van der Waals surface area contributed by atoms with Gasteiger partial charge >= 0.3 is 13.8 Å². The number of rotatable bonds is 60. The molecule has 10 heteroatoms. The Balaban J connectivity index is 5.17. The number of esters is 1. The highest BCUT2D eigenvalue weighted by molar-refractivity contribution is 7.47. The molecule has 78 heavy (non-hydrogen) atoms. The molecule has 2 N–H and O–H groups in total. The standard InChI is InChI=1S/C68H127N2O7P/c1-7-10-13-16-19-22-25-28-30-32-33-34-35-36-37-38-40-43-46-49-52-55-58-61-68(72)77-66(59-56-53-50-47-44-41-27-24-21-18-15-12-9-3)65(64-76-78(73,74)75-63-62-70(4,5)6)69-67(71)60-57-54-51-48-45-42-39-31-29-26-23-20-17-14-11-8-2/h11,14,20,23,28-31,56,59,65-66H,7-10,12-13,15-19,21-22,24-27,32-55,57-58,60-64H2,1-6H3,(H-,69,71,73,74)/p+1/b14-11+,23-20+,30-28+,31-29+,59-56-. The summed E-state index contributed by atoms with van der Waals surface area (Å²) < 4.78 is 30.8. The van der Waals surface area contributed by atoms with Gasteiger partial charge in [-0.05, 0) is 89.5 Å². The molecule has 3 atom stereocenters. The lowest BCUT2D eigenvalue weighted by Gasteiger charge is -2.27. The van der Waals surface area contributed by atoms with E-state index in [-0.39, 0.29) is 31.5 Å². The predicted octanol–water partition coefficient (Wildman–Crippen LogP) is 20.6. The van der Waals surface area contributed by atoms with Crippen LogP contribution in [0.5, 0.6) is 0 Å². The number of nitrogens with zero attached hydrogens (tertiary/aromatic N) is 1. The number of quaternary nitrogens is 1. The average Bonchev–Trinajstić information content (AvgIpc) is 3.40. The van der Waals surface area contributed by atoms with E-state index in [9.17, 15) is 19.0 Å². The van der Waals surface area contributed by atoms with Crippen molar-refractivity contribution in [2.24, 2.45) is 0 Å². The van der Waals surface area contributed by atoms with Gasteiger partial charge in [-0.2, -0.15) is 0 Å². The van der Waals surface area contributed by atoms with Crippen molar-refractivity contribution in [3.63, 3.8) is 0 Å². The summed E-state index contributed by atoms with van der Waals surface area (Å²) in [6.45, 7) is 6.92. The Morgan fingerprint density at radius 3 is 1.24 bits per heavy atom. The molecule has 3 unspecified atom stereocenters. The second-order valence-electron chi connectivity index (χ2n) is 23.6. The van der Waals surface area contributed by atoms with Crippen LogP contribution in [0.2, 0.25) is 0 Å². The SMILES string of the molecule is CC/C=C/C/C=C/C/C=C/CCCCCCCCC(=O)NC(COP(=O)(O)OCC[N+](C)(C)C)C(/C=C\CCCCCCCCCCCCC)OC(=O)CCCCCCCCCCCCCCC/C=C/CCCCCCCC. The fraction of sp³-hybridized carbons (Fsp3) is 0.824. The molecule has 456 valence electrons. The number of unbranched alkanes of at least 4 members (excludes halogenated alkanes) is 36. The van der Waals surface area contributed by atoms with E-state index in [1.807, 2.05) is 33.3 Å². The Morgan fingerprint density at radius 2 is 0.821 bits per heavy atom. The summed E-state index contributed by atoms with van der Waals surface area (Å²) in [5.74, 6) is -0.511. The van der Waals surface area contributed by atoms with E-state index in [1.165, 1.54) is 186 Å². The first-order valence-electron chi connectivity index (χ1n) is 33.1. The zero-order valence-corrected chi connectivity index (χ0v) is 53.1. The Bertz CT molecular complexity index is 1520. The number of nitrogens with one attached hydrogen (secondary N) is 1. The summed E-state index contributed by atoms with van der Waals surface area (Å²) >= 11 is 0. The molecule has 0 saturated carbocycles. The fourth-order valence-corrected chi connectivity index (χ4v) is 10.3. The van der Waals surface area contributed by atoms with Crippen LogP contribution in [-0.4, -0.2) is 74.3 Å². The van der Waals surface area contributed by atoms with Crippen LogP contribution < -0.4 is 5.32 Å². The van der Waals surface area contributed by atoms with E-state index in [4.69, 9.17) is 13.8 Å². The molecule has 0 aromatic heterocycles. The summed E-state index contributed by atoms with van der Waals surface area (Å²) in [5.41, 5.74) is 0.